The topological polar surface area (TPSA) is 50.7 Å². The van der Waals surface area contributed by atoms with E-state index in [4.69, 9.17) is 9.47 Å². The molecule has 0 aromatic carbocycles. The highest BCUT2D eigenvalue weighted by atomic mass is 16.7. The number of piperazine rings is 1. The molecule has 1 aliphatic rings. The van der Waals surface area contributed by atoms with Crippen LogP contribution in [0.15, 0.2) is 18.5 Å². The van der Waals surface area contributed by atoms with Crippen molar-refractivity contribution in [2.24, 2.45) is 0 Å². The Hall–Kier alpha value is -1.24. The first-order valence-corrected chi connectivity index (χ1v) is 7.81. The lowest BCUT2D eigenvalue weighted by Crippen LogP contribution is -2.47. The maximum atomic E-state index is 5.58. The maximum Gasteiger partial charge on any atom is 0.225 e. The fourth-order valence-corrected chi connectivity index (χ4v) is 2.50. The molecule has 0 amide bonds. The van der Waals surface area contributed by atoms with E-state index in [-0.39, 0.29) is 6.29 Å². The van der Waals surface area contributed by atoms with Gasteiger partial charge in [-0.05, 0) is 19.9 Å². The molecule has 6 nitrogen and oxygen atoms in total. The SMILES string of the molecule is CCOC(CCN1CCN(c2ncccn2)CC1)OCC. The minimum Gasteiger partial charge on any atom is -0.353 e. The van der Waals surface area contributed by atoms with Gasteiger partial charge in [-0.15, -0.1) is 0 Å². The fourth-order valence-electron chi connectivity index (χ4n) is 2.50. The Morgan fingerprint density at radius 3 is 2.24 bits per heavy atom. The largest absolute Gasteiger partial charge is 0.353 e. The van der Waals surface area contributed by atoms with E-state index in [1.165, 1.54) is 0 Å². The summed E-state index contributed by atoms with van der Waals surface area (Å²) in [5.41, 5.74) is 0. The van der Waals surface area contributed by atoms with Gasteiger partial charge in [-0.3, -0.25) is 4.90 Å². The van der Waals surface area contributed by atoms with Crippen LogP contribution in [0, 0.1) is 0 Å². The van der Waals surface area contributed by atoms with Crippen molar-refractivity contribution in [3.05, 3.63) is 18.5 Å². The molecule has 0 spiro atoms. The van der Waals surface area contributed by atoms with Crippen molar-refractivity contribution in [1.29, 1.82) is 0 Å². The number of anilines is 1. The molecule has 0 N–H and O–H groups in total. The second-order valence-electron chi connectivity index (χ2n) is 5.01. The minimum absolute atomic E-state index is 0.0736. The Bertz CT molecular complexity index is 377. The quantitative estimate of drug-likeness (QED) is 0.675. The average molecular weight is 294 g/mol. The minimum atomic E-state index is -0.0736. The monoisotopic (exact) mass is 294 g/mol. The lowest BCUT2D eigenvalue weighted by Gasteiger charge is -2.35. The molecule has 0 bridgehead atoms. The van der Waals surface area contributed by atoms with Crippen molar-refractivity contribution >= 4 is 5.95 Å². The molecule has 6 heteroatoms. The van der Waals surface area contributed by atoms with E-state index in [1.807, 2.05) is 19.9 Å². The van der Waals surface area contributed by atoms with Gasteiger partial charge in [0.25, 0.3) is 0 Å². The summed E-state index contributed by atoms with van der Waals surface area (Å²) in [6, 6.07) is 1.85. The van der Waals surface area contributed by atoms with E-state index in [9.17, 15) is 0 Å². The summed E-state index contributed by atoms with van der Waals surface area (Å²) in [5, 5.41) is 0. The van der Waals surface area contributed by atoms with E-state index in [0.717, 1.165) is 45.1 Å². The predicted octanol–water partition coefficient (Wildman–Crippen LogP) is 1.39. The van der Waals surface area contributed by atoms with Gasteiger partial charge in [0.15, 0.2) is 6.29 Å². The summed E-state index contributed by atoms with van der Waals surface area (Å²) in [4.78, 5) is 13.3. The number of ether oxygens (including phenoxy) is 2. The average Bonchev–Trinajstić information content (AvgIpc) is 2.54. The molecule has 1 saturated heterocycles. The van der Waals surface area contributed by atoms with Crippen LogP contribution < -0.4 is 4.90 Å². The van der Waals surface area contributed by atoms with Gasteiger partial charge in [0.05, 0.1) is 0 Å². The van der Waals surface area contributed by atoms with Crippen molar-refractivity contribution in [1.82, 2.24) is 14.9 Å². The van der Waals surface area contributed by atoms with Crippen LogP contribution in [-0.4, -0.2) is 67.1 Å². The van der Waals surface area contributed by atoms with Gasteiger partial charge in [-0.25, -0.2) is 9.97 Å². The summed E-state index contributed by atoms with van der Waals surface area (Å²) in [7, 11) is 0. The van der Waals surface area contributed by atoms with E-state index in [1.54, 1.807) is 12.4 Å². The van der Waals surface area contributed by atoms with Gasteiger partial charge in [0, 0.05) is 64.8 Å². The van der Waals surface area contributed by atoms with Crippen molar-refractivity contribution < 1.29 is 9.47 Å². The van der Waals surface area contributed by atoms with Crippen LogP contribution in [0.3, 0.4) is 0 Å². The Balaban J connectivity index is 1.71. The van der Waals surface area contributed by atoms with Crippen LogP contribution in [0.2, 0.25) is 0 Å². The third kappa shape index (κ3) is 5.22. The molecule has 0 aliphatic carbocycles. The lowest BCUT2D eigenvalue weighted by molar-refractivity contribution is -0.141. The molecule has 1 fully saturated rings. The Labute approximate surface area is 127 Å². The van der Waals surface area contributed by atoms with Crippen LogP contribution >= 0.6 is 0 Å². The predicted molar refractivity (Wildman–Crippen MR) is 82.3 cm³/mol. The fraction of sp³-hybridized carbons (Fsp3) is 0.733. The molecule has 0 radical (unpaired) electrons. The summed E-state index contributed by atoms with van der Waals surface area (Å²) in [6.07, 6.45) is 4.44. The van der Waals surface area contributed by atoms with Gasteiger partial charge in [-0.1, -0.05) is 0 Å². The van der Waals surface area contributed by atoms with E-state index in [0.29, 0.717) is 13.2 Å². The van der Waals surface area contributed by atoms with Gasteiger partial charge in [-0.2, -0.15) is 0 Å². The molecule has 118 valence electrons. The molecule has 0 unspecified atom stereocenters. The maximum absolute atomic E-state index is 5.58. The summed E-state index contributed by atoms with van der Waals surface area (Å²) in [5.74, 6) is 0.832. The van der Waals surface area contributed by atoms with Crippen molar-refractivity contribution in [2.75, 3.05) is 50.8 Å². The molecule has 1 aromatic rings. The number of nitrogens with zero attached hydrogens (tertiary/aromatic N) is 4. The van der Waals surface area contributed by atoms with Crippen LogP contribution in [0.1, 0.15) is 20.3 Å². The highest BCUT2D eigenvalue weighted by Crippen LogP contribution is 2.11. The van der Waals surface area contributed by atoms with Crippen molar-refractivity contribution in [3.63, 3.8) is 0 Å². The zero-order valence-corrected chi connectivity index (χ0v) is 13.1. The number of aromatic nitrogens is 2. The summed E-state index contributed by atoms with van der Waals surface area (Å²) < 4.78 is 11.2. The highest BCUT2D eigenvalue weighted by molar-refractivity contribution is 5.29. The molecular weight excluding hydrogens is 268 g/mol. The highest BCUT2D eigenvalue weighted by Gasteiger charge is 2.19. The van der Waals surface area contributed by atoms with E-state index < -0.39 is 0 Å². The number of hydrogen-bond donors (Lipinski definition) is 0. The first-order chi connectivity index (χ1) is 10.3. The van der Waals surface area contributed by atoms with Crippen molar-refractivity contribution in [3.8, 4) is 0 Å². The Morgan fingerprint density at radius 2 is 1.67 bits per heavy atom. The second kappa shape index (κ2) is 8.92. The zero-order chi connectivity index (χ0) is 14.9. The normalized spacial score (nSPS) is 16.6. The number of hydrogen-bond acceptors (Lipinski definition) is 6. The first-order valence-electron chi connectivity index (χ1n) is 7.81. The summed E-state index contributed by atoms with van der Waals surface area (Å²) in [6.45, 7) is 10.4. The molecule has 0 saturated carbocycles. The molecule has 1 aliphatic heterocycles. The van der Waals surface area contributed by atoms with Crippen LogP contribution in [0.4, 0.5) is 5.95 Å². The smallest absolute Gasteiger partial charge is 0.225 e. The third-order valence-corrected chi connectivity index (χ3v) is 3.59. The molecule has 21 heavy (non-hydrogen) atoms. The third-order valence-electron chi connectivity index (χ3n) is 3.59. The van der Waals surface area contributed by atoms with Crippen LogP contribution in [-0.2, 0) is 9.47 Å². The van der Waals surface area contributed by atoms with E-state index in [2.05, 4.69) is 19.8 Å². The lowest BCUT2D eigenvalue weighted by atomic mass is 10.3. The molecule has 2 heterocycles. The Kier molecular flexibility index (Phi) is 6.85. The van der Waals surface area contributed by atoms with Gasteiger partial charge >= 0.3 is 0 Å². The molecular formula is C15H26N4O2. The molecule has 0 atom stereocenters. The molecule has 2 rings (SSSR count). The Morgan fingerprint density at radius 1 is 1.05 bits per heavy atom. The van der Waals surface area contributed by atoms with Gasteiger partial charge < -0.3 is 14.4 Å². The van der Waals surface area contributed by atoms with Crippen LogP contribution in [0.5, 0.6) is 0 Å². The summed E-state index contributed by atoms with van der Waals surface area (Å²) >= 11 is 0. The van der Waals surface area contributed by atoms with E-state index >= 15 is 0 Å². The second-order valence-corrected chi connectivity index (χ2v) is 5.01. The van der Waals surface area contributed by atoms with Crippen molar-refractivity contribution in [2.45, 2.75) is 26.6 Å². The van der Waals surface area contributed by atoms with Gasteiger partial charge in [0.2, 0.25) is 5.95 Å². The van der Waals surface area contributed by atoms with Gasteiger partial charge in [0.1, 0.15) is 0 Å². The number of rotatable bonds is 8. The standard InChI is InChI=1S/C15H26N4O2/c1-3-20-14(21-4-2)6-9-18-10-12-19(13-11-18)15-16-7-5-8-17-15/h5,7-8,14H,3-4,6,9-13H2,1-2H3. The zero-order valence-electron chi connectivity index (χ0n) is 13.1. The van der Waals surface area contributed by atoms with Crippen LogP contribution in [0.25, 0.3) is 0 Å². The molecule has 1 aromatic heterocycles. The first kappa shape index (κ1) is 16.1.